The first kappa shape index (κ1) is 12.2. The van der Waals surface area contributed by atoms with E-state index in [1.165, 1.54) is 0 Å². The topological polar surface area (TPSA) is 67.8 Å². The number of pyridine rings is 1. The van der Waals surface area contributed by atoms with Gasteiger partial charge in [-0.1, -0.05) is 6.07 Å². The minimum atomic E-state index is -0.159. The molecule has 5 nitrogen and oxygen atoms in total. The maximum Gasteiger partial charge on any atom is 0.253 e. The fourth-order valence-corrected chi connectivity index (χ4v) is 1.95. The molecule has 1 aromatic carbocycles. The van der Waals surface area contributed by atoms with E-state index in [-0.39, 0.29) is 5.91 Å². The van der Waals surface area contributed by atoms with Crippen molar-refractivity contribution in [3.05, 3.63) is 66.2 Å². The van der Waals surface area contributed by atoms with Gasteiger partial charge in [-0.2, -0.15) is 0 Å². The van der Waals surface area contributed by atoms with Gasteiger partial charge in [0.05, 0.1) is 11.1 Å². The molecule has 3 rings (SSSR count). The van der Waals surface area contributed by atoms with Gasteiger partial charge >= 0.3 is 0 Å². The molecule has 0 fully saturated rings. The van der Waals surface area contributed by atoms with E-state index < -0.39 is 0 Å². The van der Waals surface area contributed by atoms with Crippen LogP contribution in [0.2, 0.25) is 0 Å². The van der Waals surface area contributed by atoms with Crippen molar-refractivity contribution >= 4 is 16.9 Å². The predicted octanol–water partition coefficient (Wildman–Crippen LogP) is 1.95. The first-order chi connectivity index (χ1) is 9.84. The summed E-state index contributed by atoms with van der Waals surface area (Å²) in [5.74, 6) is -0.159. The summed E-state index contributed by atoms with van der Waals surface area (Å²) in [6.45, 7) is 0.456. The number of aromatic nitrogens is 3. The highest BCUT2D eigenvalue weighted by Gasteiger charge is 2.10. The Hall–Kier alpha value is -2.82. The Kier molecular flexibility index (Phi) is 3.33. The van der Waals surface area contributed by atoms with Crippen LogP contribution in [0.1, 0.15) is 15.9 Å². The average molecular weight is 264 g/mol. The van der Waals surface area contributed by atoms with E-state index in [0.29, 0.717) is 23.1 Å². The molecule has 3 aromatic rings. The molecule has 0 aliphatic rings. The third-order valence-corrected chi connectivity index (χ3v) is 2.95. The summed E-state index contributed by atoms with van der Waals surface area (Å²) in [5, 5.41) is 2.87. The van der Waals surface area contributed by atoms with Crippen LogP contribution in [-0.2, 0) is 6.54 Å². The maximum absolute atomic E-state index is 12.2. The number of hydrogen-bond donors (Lipinski definition) is 1. The summed E-state index contributed by atoms with van der Waals surface area (Å²) in [6, 6.07) is 9.12. The summed E-state index contributed by atoms with van der Waals surface area (Å²) in [4.78, 5) is 24.6. The minimum absolute atomic E-state index is 0.159. The number of nitrogens with one attached hydrogen (secondary N) is 1. The van der Waals surface area contributed by atoms with Gasteiger partial charge in [-0.15, -0.1) is 0 Å². The Morgan fingerprint density at radius 1 is 1.00 bits per heavy atom. The summed E-state index contributed by atoms with van der Waals surface area (Å²) in [7, 11) is 0. The van der Waals surface area contributed by atoms with Gasteiger partial charge < -0.3 is 5.32 Å². The molecule has 2 aromatic heterocycles. The number of amides is 1. The highest BCUT2D eigenvalue weighted by atomic mass is 16.1. The second-order valence-electron chi connectivity index (χ2n) is 4.27. The molecule has 1 N–H and O–H groups in total. The van der Waals surface area contributed by atoms with E-state index in [0.717, 1.165) is 5.56 Å². The van der Waals surface area contributed by atoms with Gasteiger partial charge in [0.15, 0.2) is 0 Å². The molecule has 0 aliphatic carbocycles. The lowest BCUT2D eigenvalue weighted by molar-refractivity contribution is 0.0952. The SMILES string of the molecule is O=C(NCc1ccncc1)c1cccc2nccnc12. The normalized spacial score (nSPS) is 10.4. The molecule has 0 radical (unpaired) electrons. The summed E-state index contributed by atoms with van der Waals surface area (Å²) in [5.41, 5.74) is 2.86. The van der Waals surface area contributed by atoms with Crippen LogP contribution in [0.4, 0.5) is 0 Å². The number of nitrogens with zero attached hydrogens (tertiary/aromatic N) is 3. The second-order valence-corrected chi connectivity index (χ2v) is 4.27. The molecule has 0 atom stereocenters. The van der Waals surface area contributed by atoms with Crippen LogP contribution in [-0.4, -0.2) is 20.9 Å². The van der Waals surface area contributed by atoms with Crippen LogP contribution in [0.15, 0.2) is 55.1 Å². The average Bonchev–Trinajstić information content (AvgIpc) is 2.53. The molecule has 20 heavy (non-hydrogen) atoms. The van der Waals surface area contributed by atoms with Crippen molar-refractivity contribution in [1.29, 1.82) is 0 Å². The van der Waals surface area contributed by atoms with Crippen molar-refractivity contribution in [2.45, 2.75) is 6.54 Å². The van der Waals surface area contributed by atoms with Crippen molar-refractivity contribution in [3.8, 4) is 0 Å². The van der Waals surface area contributed by atoms with Crippen LogP contribution in [0.5, 0.6) is 0 Å². The zero-order chi connectivity index (χ0) is 13.8. The molecule has 0 unspecified atom stereocenters. The molecular formula is C15H12N4O. The van der Waals surface area contributed by atoms with Gasteiger partial charge in [-0.05, 0) is 29.8 Å². The Bertz CT molecular complexity index is 738. The number of para-hydroxylation sites is 1. The number of benzene rings is 1. The lowest BCUT2D eigenvalue weighted by Gasteiger charge is -2.07. The van der Waals surface area contributed by atoms with E-state index in [4.69, 9.17) is 0 Å². The molecule has 2 heterocycles. The lowest BCUT2D eigenvalue weighted by atomic mass is 10.1. The van der Waals surface area contributed by atoms with Crippen molar-refractivity contribution in [3.63, 3.8) is 0 Å². The van der Waals surface area contributed by atoms with E-state index in [1.54, 1.807) is 36.9 Å². The van der Waals surface area contributed by atoms with E-state index in [2.05, 4.69) is 20.3 Å². The lowest BCUT2D eigenvalue weighted by Crippen LogP contribution is -2.23. The highest BCUT2D eigenvalue weighted by Crippen LogP contribution is 2.13. The minimum Gasteiger partial charge on any atom is -0.348 e. The molecule has 0 spiro atoms. The predicted molar refractivity (Wildman–Crippen MR) is 74.9 cm³/mol. The Balaban J connectivity index is 1.82. The number of rotatable bonds is 3. The number of carbonyl (C=O) groups excluding carboxylic acids is 1. The van der Waals surface area contributed by atoms with Crippen LogP contribution in [0.25, 0.3) is 11.0 Å². The van der Waals surface area contributed by atoms with Gasteiger partial charge in [0.2, 0.25) is 0 Å². The Morgan fingerprint density at radius 2 is 1.80 bits per heavy atom. The van der Waals surface area contributed by atoms with Crippen molar-refractivity contribution < 1.29 is 4.79 Å². The smallest absolute Gasteiger partial charge is 0.253 e. The van der Waals surface area contributed by atoms with Crippen LogP contribution in [0, 0.1) is 0 Å². The zero-order valence-electron chi connectivity index (χ0n) is 10.7. The number of fused-ring (bicyclic) bond motifs is 1. The number of carbonyl (C=O) groups is 1. The monoisotopic (exact) mass is 264 g/mol. The molecule has 1 amide bonds. The van der Waals surface area contributed by atoms with Crippen LogP contribution in [0.3, 0.4) is 0 Å². The second kappa shape index (κ2) is 5.44. The van der Waals surface area contributed by atoms with Gasteiger partial charge in [0, 0.05) is 31.3 Å². The highest BCUT2D eigenvalue weighted by molar-refractivity contribution is 6.04. The van der Waals surface area contributed by atoms with E-state index in [1.807, 2.05) is 18.2 Å². The third kappa shape index (κ3) is 2.47. The summed E-state index contributed by atoms with van der Waals surface area (Å²) >= 11 is 0. The van der Waals surface area contributed by atoms with Crippen molar-refractivity contribution in [2.24, 2.45) is 0 Å². The van der Waals surface area contributed by atoms with Gasteiger partial charge in [-0.3, -0.25) is 19.7 Å². The number of hydrogen-bond acceptors (Lipinski definition) is 4. The Labute approximate surface area is 115 Å². The van der Waals surface area contributed by atoms with Crippen LogP contribution < -0.4 is 5.32 Å². The third-order valence-electron chi connectivity index (χ3n) is 2.95. The fourth-order valence-electron chi connectivity index (χ4n) is 1.95. The first-order valence-corrected chi connectivity index (χ1v) is 6.21. The van der Waals surface area contributed by atoms with Crippen LogP contribution >= 0.6 is 0 Å². The van der Waals surface area contributed by atoms with Gasteiger partial charge in [0.1, 0.15) is 5.52 Å². The maximum atomic E-state index is 12.2. The van der Waals surface area contributed by atoms with Crippen molar-refractivity contribution in [1.82, 2.24) is 20.3 Å². The Morgan fingerprint density at radius 3 is 2.65 bits per heavy atom. The molecule has 0 saturated heterocycles. The molecule has 0 saturated carbocycles. The fraction of sp³-hybridized carbons (Fsp3) is 0.0667. The molecule has 98 valence electrons. The molecular weight excluding hydrogens is 252 g/mol. The zero-order valence-corrected chi connectivity index (χ0v) is 10.7. The van der Waals surface area contributed by atoms with E-state index in [9.17, 15) is 4.79 Å². The molecule has 0 aliphatic heterocycles. The standard InChI is InChI=1S/C15H12N4O/c20-15(19-10-11-4-6-16-7-5-11)12-2-1-3-13-14(12)18-9-8-17-13/h1-9H,10H2,(H,19,20). The largest absolute Gasteiger partial charge is 0.348 e. The molecule has 5 heteroatoms. The van der Waals surface area contributed by atoms with Gasteiger partial charge in [-0.25, -0.2) is 0 Å². The first-order valence-electron chi connectivity index (χ1n) is 6.21. The summed E-state index contributed by atoms with van der Waals surface area (Å²) < 4.78 is 0. The van der Waals surface area contributed by atoms with Crippen molar-refractivity contribution in [2.75, 3.05) is 0 Å². The summed E-state index contributed by atoms with van der Waals surface area (Å²) in [6.07, 6.45) is 6.60. The van der Waals surface area contributed by atoms with Gasteiger partial charge in [0.25, 0.3) is 5.91 Å². The molecule has 0 bridgehead atoms. The van der Waals surface area contributed by atoms with E-state index >= 15 is 0 Å². The quantitative estimate of drug-likeness (QED) is 0.785.